The number of nitrogens with two attached hydrogens (primary N) is 1. The minimum Gasteiger partial charge on any atom is -0.330 e. The van der Waals surface area contributed by atoms with E-state index in [1.165, 1.54) is 44.9 Å². The van der Waals surface area contributed by atoms with Gasteiger partial charge in [-0.05, 0) is 51.1 Å². The molecule has 1 rings (SSSR count). The Kier molecular flexibility index (Phi) is 5.62. The van der Waals surface area contributed by atoms with Crippen LogP contribution in [0.5, 0.6) is 0 Å². The Balaban J connectivity index is 2.26. The summed E-state index contributed by atoms with van der Waals surface area (Å²) in [6, 6.07) is 0.656. The molecule has 2 heteroatoms. The van der Waals surface area contributed by atoms with Crippen molar-refractivity contribution in [2.75, 3.05) is 13.1 Å². The van der Waals surface area contributed by atoms with Crippen molar-refractivity contribution < 1.29 is 0 Å². The summed E-state index contributed by atoms with van der Waals surface area (Å²) in [7, 11) is 0. The van der Waals surface area contributed by atoms with Gasteiger partial charge >= 0.3 is 0 Å². The molecule has 90 valence electrons. The maximum atomic E-state index is 5.96. The van der Waals surface area contributed by atoms with E-state index in [4.69, 9.17) is 5.73 Å². The molecule has 0 radical (unpaired) electrons. The van der Waals surface area contributed by atoms with Gasteiger partial charge in [-0.2, -0.15) is 0 Å². The number of nitrogens with one attached hydrogen (secondary N) is 1. The minimum atomic E-state index is 0.471. The maximum absolute atomic E-state index is 5.96. The molecule has 1 aliphatic rings. The van der Waals surface area contributed by atoms with Gasteiger partial charge < -0.3 is 11.1 Å². The summed E-state index contributed by atoms with van der Waals surface area (Å²) in [5.74, 6) is 0. The Morgan fingerprint density at radius 1 is 1.27 bits per heavy atom. The molecule has 1 unspecified atom stereocenters. The van der Waals surface area contributed by atoms with E-state index in [2.05, 4.69) is 19.2 Å². The monoisotopic (exact) mass is 212 g/mol. The van der Waals surface area contributed by atoms with Gasteiger partial charge in [0.05, 0.1) is 0 Å². The van der Waals surface area contributed by atoms with Crippen molar-refractivity contribution in [1.82, 2.24) is 5.32 Å². The van der Waals surface area contributed by atoms with E-state index in [1.54, 1.807) is 0 Å². The van der Waals surface area contributed by atoms with Gasteiger partial charge in [-0.15, -0.1) is 0 Å². The first kappa shape index (κ1) is 13.0. The van der Waals surface area contributed by atoms with E-state index in [1.807, 2.05) is 0 Å². The predicted octanol–water partition coefficient (Wildman–Crippen LogP) is 2.67. The van der Waals surface area contributed by atoms with Crippen molar-refractivity contribution in [3.63, 3.8) is 0 Å². The zero-order valence-electron chi connectivity index (χ0n) is 10.5. The van der Waals surface area contributed by atoms with Gasteiger partial charge in [0.15, 0.2) is 0 Å². The first-order valence-electron chi connectivity index (χ1n) is 6.66. The molecule has 1 saturated carbocycles. The van der Waals surface area contributed by atoms with Crippen LogP contribution in [0.4, 0.5) is 0 Å². The quantitative estimate of drug-likeness (QED) is 0.710. The highest BCUT2D eigenvalue weighted by molar-refractivity contribution is 4.84. The van der Waals surface area contributed by atoms with Gasteiger partial charge in [0, 0.05) is 6.04 Å². The lowest BCUT2D eigenvalue weighted by atomic mass is 9.72. The molecule has 0 heterocycles. The van der Waals surface area contributed by atoms with E-state index >= 15 is 0 Å². The van der Waals surface area contributed by atoms with E-state index in [0.29, 0.717) is 11.5 Å². The second-order valence-corrected chi connectivity index (χ2v) is 5.28. The van der Waals surface area contributed by atoms with Gasteiger partial charge in [-0.1, -0.05) is 26.2 Å². The summed E-state index contributed by atoms with van der Waals surface area (Å²) in [6.07, 6.45) is 9.39. The first-order chi connectivity index (χ1) is 7.22. The summed E-state index contributed by atoms with van der Waals surface area (Å²) in [5.41, 5.74) is 6.43. The van der Waals surface area contributed by atoms with E-state index in [-0.39, 0.29) is 0 Å². The summed E-state index contributed by atoms with van der Waals surface area (Å²) in [5, 5.41) is 3.58. The largest absolute Gasteiger partial charge is 0.330 e. The summed E-state index contributed by atoms with van der Waals surface area (Å²) in [4.78, 5) is 0. The molecule has 15 heavy (non-hydrogen) atoms. The van der Waals surface area contributed by atoms with Gasteiger partial charge in [0.25, 0.3) is 0 Å². The average Bonchev–Trinajstić information content (AvgIpc) is 2.30. The topological polar surface area (TPSA) is 38.0 Å². The molecule has 0 saturated heterocycles. The normalized spacial score (nSPS) is 22.6. The number of hydrogen-bond donors (Lipinski definition) is 2. The van der Waals surface area contributed by atoms with Crippen LogP contribution in [-0.4, -0.2) is 19.1 Å². The third-order valence-corrected chi connectivity index (χ3v) is 4.11. The molecule has 0 aromatic carbocycles. The van der Waals surface area contributed by atoms with Crippen molar-refractivity contribution in [3.05, 3.63) is 0 Å². The molecule has 1 aliphatic carbocycles. The smallest absolute Gasteiger partial charge is 0.00361 e. The summed E-state index contributed by atoms with van der Waals surface area (Å²) >= 11 is 0. The maximum Gasteiger partial charge on any atom is 0.00361 e. The lowest BCUT2D eigenvalue weighted by Crippen LogP contribution is -2.37. The van der Waals surface area contributed by atoms with E-state index in [9.17, 15) is 0 Å². The van der Waals surface area contributed by atoms with Gasteiger partial charge in [-0.3, -0.25) is 0 Å². The van der Waals surface area contributed by atoms with E-state index in [0.717, 1.165) is 13.1 Å². The Hall–Kier alpha value is -0.0800. The lowest BCUT2D eigenvalue weighted by Gasteiger charge is -2.36. The average molecular weight is 212 g/mol. The highest BCUT2D eigenvalue weighted by Crippen LogP contribution is 2.37. The van der Waals surface area contributed by atoms with Crippen LogP contribution in [0.1, 0.15) is 58.8 Å². The van der Waals surface area contributed by atoms with Crippen molar-refractivity contribution in [1.29, 1.82) is 0 Å². The molecular formula is C13H28N2. The molecule has 0 aromatic heterocycles. The molecule has 3 N–H and O–H groups in total. The zero-order chi connectivity index (χ0) is 11.1. The highest BCUT2D eigenvalue weighted by atomic mass is 14.9. The molecule has 2 nitrogen and oxygen atoms in total. The fourth-order valence-electron chi connectivity index (χ4n) is 2.59. The summed E-state index contributed by atoms with van der Waals surface area (Å²) < 4.78 is 0. The van der Waals surface area contributed by atoms with Gasteiger partial charge in [-0.25, -0.2) is 0 Å². The van der Waals surface area contributed by atoms with Crippen molar-refractivity contribution in [2.45, 2.75) is 64.8 Å². The van der Waals surface area contributed by atoms with Gasteiger partial charge in [0.1, 0.15) is 0 Å². The second kappa shape index (κ2) is 6.49. The van der Waals surface area contributed by atoms with Gasteiger partial charge in [0.2, 0.25) is 0 Å². The van der Waals surface area contributed by atoms with Crippen LogP contribution < -0.4 is 11.1 Å². The van der Waals surface area contributed by atoms with Crippen LogP contribution in [0.3, 0.4) is 0 Å². The Labute approximate surface area is 95.0 Å². The first-order valence-corrected chi connectivity index (χ1v) is 6.66. The second-order valence-electron chi connectivity index (χ2n) is 5.28. The van der Waals surface area contributed by atoms with Crippen LogP contribution in [-0.2, 0) is 0 Å². The molecule has 1 atom stereocenters. The molecule has 0 aliphatic heterocycles. The molecule has 0 spiro atoms. The third kappa shape index (κ3) is 4.12. The summed E-state index contributed by atoms with van der Waals surface area (Å²) in [6.45, 7) is 6.52. The third-order valence-electron chi connectivity index (χ3n) is 4.11. The molecular weight excluding hydrogens is 184 g/mol. The van der Waals surface area contributed by atoms with Crippen LogP contribution >= 0.6 is 0 Å². The highest BCUT2D eigenvalue weighted by Gasteiger charge is 2.29. The van der Waals surface area contributed by atoms with Crippen LogP contribution in [0, 0.1) is 5.41 Å². The van der Waals surface area contributed by atoms with Crippen molar-refractivity contribution in [2.24, 2.45) is 11.1 Å². The van der Waals surface area contributed by atoms with Crippen LogP contribution in [0.15, 0.2) is 0 Å². The SMILES string of the molecule is CCC(C)NCCC1(CN)CCCCC1. The standard InChI is InChI=1S/C13H28N2/c1-3-12(2)15-10-9-13(11-14)7-5-4-6-8-13/h12,15H,3-11,14H2,1-2H3. The Morgan fingerprint density at radius 3 is 2.47 bits per heavy atom. The lowest BCUT2D eigenvalue weighted by molar-refractivity contribution is 0.179. The Morgan fingerprint density at radius 2 is 1.93 bits per heavy atom. The fraction of sp³-hybridized carbons (Fsp3) is 1.00. The molecule has 0 amide bonds. The van der Waals surface area contributed by atoms with E-state index < -0.39 is 0 Å². The molecule has 0 bridgehead atoms. The van der Waals surface area contributed by atoms with Crippen LogP contribution in [0.2, 0.25) is 0 Å². The molecule has 1 fully saturated rings. The minimum absolute atomic E-state index is 0.471. The zero-order valence-corrected chi connectivity index (χ0v) is 10.5. The predicted molar refractivity (Wildman–Crippen MR) is 66.9 cm³/mol. The van der Waals surface area contributed by atoms with Crippen LogP contribution in [0.25, 0.3) is 0 Å². The molecule has 0 aromatic rings. The number of rotatable bonds is 6. The van der Waals surface area contributed by atoms with Crippen molar-refractivity contribution in [3.8, 4) is 0 Å². The number of hydrogen-bond acceptors (Lipinski definition) is 2. The fourth-order valence-corrected chi connectivity index (χ4v) is 2.59. The van der Waals surface area contributed by atoms with Crippen molar-refractivity contribution >= 4 is 0 Å². The Bertz CT molecular complexity index is 162.